The molecule has 0 radical (unpaired) electrons. The lowest BCUT2D eigenvalue weighted by molar-refractivity contribution is 0.152. The molecule has 0 saturated carbocycles. The lowest BCUT2D eigenvalue weighted by Gasteiger charge is -2.19. The van der Waals surface area contributed by atoms with E-state index in [4.69, 9.17) is 19.7 Å². The molecule has 108 valence electrons. The first kappa shape index (κ1) is 15.8. The topological polar surface area (TPSA) is 62.2 Å². The molecule has 0 bridgehead atoms. The van der Waals surface area contributed by atoms with Crippen molar-refractivity contribution in [2.45, 2.75) is 6.42 Å². The van der Waals surface area contributed by atoms with E-state index in [1.165, 1.54) is 0 Å². The number of aliphatic hydroxyl groups is 2. The van der Waals surface area contributed by atoms with Crippen molar-refractivity contribution in [1.29, 1.82) is 0 Å². The summed E-state index contributed by atoms with van der Waals surface area (Å²) in [7, 11) is 1.63. The van der Waals surface area contributed by atoms with E-state index in [0.29, 0.717) is 19.7 Å². The van der Waals surface area contributed by atoms with Crippen molar-refractivity contribution in [2.75, 3.05) is 46.6 Å². The third kappa shape index (κ3) is 6.42. The average molecular weight is 269 g/mol. The molecule has 0 heterocycles. The van der Waals surface area contributed by atoms with E-state index in [1.807, 2.05) is 29.2 Å². The van der Waals surface area contributed by atoms with Crippen LogP contribution in [0.5, 0.6) is 11.5 Å². The SMILES string of the molecule is COc1ccc(OCCCN(CCO)CCO)cc1. The molecule has 5 nitrogen and oxygen atoms in total. The van der Waals surface area contributed by atoms with E-state index in [0.717, 1.165) is 24.5 Å². The molecule has 19 heavy (non-hydrogen) atoms. The fraction of sp³-hybridized carbons (Fsp3) is 0.571. The van der Waals surface area contributed by atoms with Crippen molar-refractivity contribution in [3.63, 3.8) is 0 Å². The average Bonchev–Trinajstić information content (AvgIpc) is 2.44. The highest BCUT2D eigenvalue weighted by Gasteiger charge is 2.03. The number of nitrogens with zero attached hydrogens (tertiary/aromatic N) is 1. The predicted molar refractivity (Wildman–Crippen MR) is 73.7 cm³/mol. The van der Waals surface area contributed by atoms with Crippen LogP contribution in [0, 0.1) is 0 Å². The van der Waals surface area contributed by atoms with Gasteiger partial charge in [0.15, 0.2) is 0 Å². The zero-order chi connectivity index (χ0) is 13.9. The van der Waals surface area contributed by atoms with Crippen LogP contribution in [0.25, 0.3) is 0 Å². The molecule has 1 rings (SSSR count). The maximum atomic E-state index is 8.88. The molecule has 0 amide bonds. The van der Waals surface area contributed by atoms with Crippen LogP contribution < -0.4 is 9.47 Å². The van der Waals surface area contributed by atoms with E-state index in [2.05, 4.69) is 0 Å². The van der Waals surface area contributed by atoms with Gasteiger partial charge >= 0.3 is 0 Å². The fourth-order valence-corrected chi connectivity index (χ4v) is 1.77. The molecule has 0 spiro atoms. The number of benzene rings is 1. The number of ether oxygens (including phenoxy) is 2. The summed E-state index contributed by atoms with van der Waals surface area (Å²) in [4.78, 5) is 2.01. The monoisotopic (exact) mass is 269 g/mol. The second-order valence-electron chi connectivity index (χ2n) is 4.17. The van der Waals surface area contributed by atoms with E-state index >= 15 is 0 Å². The molecular formula is C14H23NO4. The summed E-state index contributed by atoms with van der Waals surface area (Å²) < 4.78 is 10.7. The van der Waals surface area contributed by atoms with Crippen molar-refractivity contribution >= 4 is 0 Å². The van der Waals surface area contributed by atoms with Crippen LogP contribution in [0.1, 0.15) is 6.42 Å². The number of rotatable bonds is 10. The third-order valence-electron chi connectivity index (χ3n) is 2.78. The number of hydrogen-bond acceptors (Lipinski definition) is 5. The Morgan fingerprint density at radius 3 is 2.05 bits per heavy atom. The summed E-state index contributed by atoms with van der Waals surface area (Å²) in [6.07, 6.45) is 0.853. The summed E-state index contributed by atoms with van der Waals surface area (Å²) in [5, 5.41) is 17.8. The Kier molecular flexibility index (Phi) is 7.97. The lowest BCUT2D eigenvalue weighted by Crippen LogP contribution is -2.31. The van der Waals surface area contributed by atoms with Gasteiger partial charge in [-0.2, -0.15) is 0 Å². The molecular weight excluding hydrogens is 246 g/mol. The van der Waals surface area contributed by atoms with E-state index in [9.17, 15) is 0 Å². The zero-order valence-corrected chi connectivity index (χ0v) is 11.4. The van der Waals surface area contributed by atoms with Gasteiger partial charge in [-0.3, -0.25) is 4.90 Å². The normalized spacial score (nSPS) is 10.7. The van der Waals surface area contributed by atoms with E-state index in [1.54, 1.807) is 7.11 Å². The molecule has 0 aliphatic rings. The molecule has 0 aliphatic heterocycles. The van der Waals surface area contributed by atoms with Crippen molar-refractivity contribution in [1.82, 2.24) is 4.90 Å². The summed E-state index contributed by atoms with van der Waals surface area (Å²) in [6, 6.07) is 7.47. The lowest BCUT2D eigenvalue weighted by atomic mass is 10.3. The maximum Gasteiger partial charge on any atom is 0.119 e. The van der Waals surface area contributed by atoms with Crippen LogP contribution in [0.3, 0.4) is 0 Å². The highest BCUT2D eigenvalue weighted by molar-refractivity contribution is 5.31. The van der Waals surface area contributed by atoms with Crippen LogP contribution in [0.4, 0.5) is 0 Å². The van der Waals surface area contributed by atoms with Crippen molar-refractivity contribution in [2.24, 2.45) is 0 Å². The molecule has 1 aromatic rings. The van der Waals surface area contributed by atoms with Crippen LogP contribution in [-0.2, 0) is 0 Å². The molecule has 0 aromatic heterocycles. The number of hydrogen-bond donors (Lipinski definition) is 2. The largest absolute Gasteiger partial charge is 0.497 e. The molecule has 1 aromatic carbocycles. The predicted octanol–water partition coefficient (Wildman–Crippen LogP) is 0.751. The molecule has 0 aliphatic carbocycles. The maximum absolute atomic E-state index is 8.88. The van der Waals surface area contributed by atoms with Gasteiger partial charge in [-0.05, 0) is 30.7 Å². The minimum absolute atomic E-state index is 0.110. The quantitative estimate of drug-likeness (QED) is 0.614. The standard InChI is InChI=1S/C14H23NO4/c1-18-13-3-5-14(6-4-13)19-12-2-7-15(8-10-16)9-11-17/h3-6,16-17H,2,7-12H2,1H3. The first-order valence-electron chi connectivity index (χ1n) is 6.51. The Bertz CT molecular complexity index is 323. The van der Waals surface area contributed by atoms with E-state index in [-0.39, 0.29) is 13.2 Å². The Balaban J connectivity index is 2.21. The summed E-state index contributed by atoms with van der Waals surface area (Å²) in [6.45, 7) is 2.81. The minimum Gasteiger partial charge on any atom is -0.497 e. The van der Waals surface area contributed by atoms with Gasteiger partial charge in [-0.25, -0.2) is 0 Å². The van der Waals surface area contributed by atoms with Crippen molar-refractivity contribution in [3.05, 3.63) is 24.3 Å². The Morgan fingerprint density at radius 1 is 0.947 bits per heavy atom. The van der Waals surface area contributed by atoms with E-state index < -0.39 is 0 Å². The summed E-state index contributed by atoms with van der Waals surface area (Å²) in [5.74, 6) is 1.63. The van der Waals surface area contributed by atoms with Gasteiger partial charge in [0.2, 0.25) is 0 Å². The number of aliphatic hydroxyl groups excluding tert-OH is 2. The zero-order valence-electron chi connectivity index (χ0n) is 11.4. The van der Waals surface area contributed by atoms with Gasteiger partial charge < -0.3 is 19.7 Å². The van der Waals surface area contributed by atoms with Crippen molar-refractivity contribution in [3.8, 4) is 11.5 Å². The number of methoxy groups -OCH3 is 1. The second-order valence-corrected chi connectivity index (χ2v) is 4.17. The van der Waals surface area contributed by atoms with Crippen LogP contribution in [0.15, 0.2) is 24.3 Å². The fourth-order valence-electron chi connectivity index (χ4n) is 1.77. The van der Waals surface area contributed by atoms with Gasteiger partial charge in [0.1, 0.15) is 11.5 Å². The summed E-state index contributed by atoms with van der Waals surface area (Å²) in [5.41, 5.74) is 0. The molecule has 0 unspecified atom stereocenters. The van der Waals surface area contributed by atoms with Crippen LogP contribution in [0.2, 0.25) is 0 Å². The Morgan fingerprint density at radius 2 is 1.53 bits per heavy atom. The minimum atomic E-state index is 0.110. The van der Waals surface area contributed by atoms with Gasteiger partial charge in [-0.1, -0.05) is 0 Å². The summed E-state index contributed by atoms with van der Waals surface area (Å²) >= 11 is 0. The molecule has 0 atom stereocenters. The van der Waals surface area contributed by atoms with Crippen molar-refractivity contribution < 1.29 is 19.7 Å². The Labute approximate surface area is 114 Å². The van der Waals surface area contributed by atoms with Gasteiger partial charge in [0, 0.05) is 19.6 Å². The van der Waals surface area contributed by atoms with Crippen LogP contribution in [-0.4, -0.2) is 61.7 Å². The Hall–Kier alpha value is -1.30. The highest BCUT2D eigenvalue weighted by Crippen LogP contribution is 2.16. The third-order valence-corrected chi connectivity index (χ3v) is 2.78. The highest BCUT2D eigenvalue weighted by atomic mass is 16.5. The van der Waals surface area contributed by atoms with Gasteiger partial charge in [0.05, 0.1) is 26.9 Å². The molecule has 0 fully saturated rings. The van der Waals surface area contributed by atoms with Gasteiger partial charge in [0.25, 0.3) is 0 Å². The second kappa shape index (κ2) is 9.61. The molecule has 5 heteroatoms. The molecule has 0 saturated heterocycles. The smallest absolute Gasteiger partial charge is 0.119 e. The molecule has 2 N–H and O–H groups in total. The van der Waals surface area contributed by atoms with Gasteiger partial charge in [-0.15, -0.1) is 0 Å². The first-order chi connectivity index (χ1) is 9.30. The van der Waals surface area contributed by atoms with Crippen LogP contribution >= 0.6 is 0 Å². The first-order valence-corrected chi connectivity index (χ1v) is 6.51.